The summed E-state index contributed by atoms with van der Waals surface area (Å²) in [4.78, 5) is 2.76. The summed E-state index contributed by atoms with van der Waals surface area (Å²) >= 11 is 0. The van der Waals surface area contributed by atoms with Gasteiger partial charge in [-0.1, -0.05) is 43.5 Å². The molecule has 44 heavy (non-hydrogen) atoms. The minimum absolute atomic E-state index is 0. The monoisotopic (exact) mass is 669 g/mol. The largest absolute Gasteiger partial charge is 0.491 e. The lowest BCUT2D eigenvalue weighted by atomic mass is 9.89. The average Bonchev–Trinajstić information content (AvgIpc) is 2.99. The summed E-state index contributed by atoms with van der Waals surface area (Å²) in [7, 11) is -7.70. The first-order valence-corrected chi connectivity index (χ1v) is 18.3. The van der Waals surface area contributed by atoms with Crippen LogP contribution in [0.4, 0.5) is 0 Å². The molecule has 0 radical (unpaired) electrons. The highest BCUT2D eigenvalue weighted by Gasteiger charge is 2.30. The Labute approximate surface area is 270 Å². The summed E-state index contributed by atoms with van der Waals surface area (Å²) in [6, 6.07) is 13.0. The summed E-state index contributed by atoms with van der Waals surface area (Å²) in [5.74, 6) is 1.10. The van der Waals surface area contributed by atoms with Crippen LogP contribution in [0.5, 0.6) is 5.75 Å². The van der Waals surface area contributed by atoms with Crippen LogP contribution in [0.15, 0.2) is 70.5 Å². The van der Waals surface area contributed by atoms with E-state index in [1.165, 1.54) is 52.8 Å². The zero-order chi connectivity index (χ0) is 30.9. The van der Waals surface area contributed by atoms with Gasteiger partial charge in [-0.2, -0.15) is 8.61 Å². The van der Waals surface area contributed by atoms with E-state index < -0.39 is 20.0 Å². The number of rotatable bonds is 9. The average molecular weight is 670 g/mol. The number of nitrogens with zero attached hydrogens (tertiary/aromatic N) is 3. The molecule has 1 N–H and O–H groups in total. The van der Waals surface area contributed by atoms with Gasteiger partial charge in [0.15, 0.2) is 0 Å². The first kappa shape index (κ1) is 36.5. The molecule has 0 amide bonds. The Morgan fingerprint density at radius 1 is 0.773 bits per heavy atom. The van der Waals surface area contributed by atoms with Crippen LogP contribution in [0.3, 0.4) is 0 Å². The van der Waals surface area contributed by atoms with Gasteiger partial charge in [0.2, 0.25) is 20.0 Å². The maximum atomic E-state index is 13.9. The third-order valence-corrected chi connectivity index (χ3v) is 12.0. The summed E-state index contributed by atoms with van der Waals surface area (Å²) in [5, 5.41) is 9.01. The number of aliphatic hydroxyl groups is 1. The minimum atomic E-state index is -3.89. The normalized spacial score (nSPS) is 19.5. The molecule has 1 saturated carbocycles. The molecule has 9 nitrogen and oxygen atoms in total. The van der Waals surface area contributed by atoms with Crippen molar-refractivity contribution in [3.8, 4) is 5.75 Å². The number of aliphatic hydroxyl groups excluding tert-OH is 1. The molecule has 0 aromatic heterocycles. The van der Waals surface area contributed by atoms with Crippen LogP contribution >= 0.6 is 12.4 Å². The molecule has 246 valence electrons. The second-order valence-corrected chi connectivity index (χ2v) is 15.7. The zero-order valence-corrected chi connectivity index (χ0v) is 28.2. The van der Waals surface area contributed by atoms with Crippen molar-refractivity contribution < 1.29 is 26.7 Å². The first-order valence-electron chi connectivity index (χ1n) is 15.4. The number of aryl methyl sites for hydroxylation is 1. The van der Waals surface area contributed by atoms with Crippen LogP contribution in [0.2, 0.25) is 0 Å². The van der Waals surface area contributed by atoms with E-state index in [0.29, 0.717) is 43.2 Å². The molecule has 0 atom stereocenters. The molecule has 0 spiro atoms. The lowest BCUT2D eigenvalue weighted by Gasteiger charge is -2.33. The maximum Gasteiger partial charge on any atom is 0.243 e. The van der Waals surface area contributed by atoms with Gasteiger partial charge >= 0.3 is 0 Å². The summed E-state index contributed by atoms with van der Waals surface area (Å²) in [6.45, 7) is 9.20. The Morgan fingerprint density at radius 2 is 1.27 bits per heavy atom. The fourth-order valence-electron chi connectivity index (χ4n) is 5.97. The highest BCUT2D eigenvalue weighted by molar-refractivity contribution is 7.89. The molecule has 4 rings (SSSR count). The standard InChI is InChI=1S/C32H47N3O6S2.ClH/c1-27-10-14-31(15-11-27)42(37,38)34-20-6-18-33(26-29-8-4-3-5-9-29)19-7-21-35(25-28(2)24-34)43(39,40)32-16-12-30(13-17-32)41-23-22-36;/h10-17,29,36H,2-9,18-26H2,1H3;1H. The lowest BCUT2D eigenvalue weighted by Crippen LogP contribution is -2.42. The van der Waals surface area contributed by atoms with Crippen molar-refractivity contribution >= 4 is 32.5 Å². The minimum Gasteiger partial charge on any atom is -0.491 e. The predicted molar refractivity (Wildman–Crippen MR) is 176 cm³/mol. The number of benzene rings is 2. The topological polar surface area (TPSA) is 107 Å². The molecule has 2 fully saturated rings. The highest BCUT2D eigenvalue weighted by atomic mass is 35.5. The van der Waals surface area contributed by atoms with E-state index in [9.17, 15) is 16.8 Å². The SMILES string of the molecule is C=C1CN(S(=O)(=O)c2ccc(C)cc2)CCCN(CC2CCCCC2)CCCN(S(=O)(=O)c2ccc(OCCO)cc2)C1.Cl. The van der Waals surface area contributed by atoms with Gasteiger partial charge in [-0.15, -0.1) is 12.4 Å². The summed E-state index contributed by atoms with van der Waals surface area (Å²) < 4.78 is 63.6. The van der Waals surface area contributed by atoms with Gasteiger partial charge in [0.1, 0.15) is 12.4 Å². The van der Waals surface area contributed by atoms with Crippen molar-refractivity contribution in [1.82, 2.24) is 13.5 Å². The second kappa shape index (κ2) is 17.1. The summed E-state index contributed by atoms with van der Waals surface area (Å²) in [6.07, 6.45) is 7.57. The van der Waals surface area contributed by atoms with Crippen molar-refractivity contribution in [2.45, 2.75) is 61.7 Å². The first-order chi connectivity index (χ1) is 20.6. The Morgan fingerprint density at radius 3 is 1.77 bits per heavy atom. The van der Waals surface area contributed by atoms with Crippen molar-refractivity contribution in [3.05, 3.63) is 66.2 Å². The molecule has 0 unspecified atom stereocenters. The van der Waals surface area contributed by atoms with Crippen LogP contribution in [0.25, 0.3) is 0 Å². The molecule has 1 heterocycles. The summed E-state index contributed by atoms with van der Waals surface area (Å²) in [5.41, 5.74) is 1.49. The van der Waals surface area contributed by atoms with Crippen molar-refractivity contribution in [1.29, 1.82) is 0 Å². The van der Waals surface area contributed by atoms with E-state index in [1.54, 1.807) is 36.4 Å². The zero-order valence-electron chi connectivity index (χ0n) is 25.8. The molecule has 1 saturated heterocycles. The smallest absolute Gasteiger partial charge is 0.243 e. The Bertz CT molecular complexity index is 1400. The van der Waals surface area contributed by atoms with Crippen molar-refractivity contribution in [2.24, 2.45) is 5.92 Å². The quantitative estimate of drug-likeness (QED) is 0.386. The Balaban J connectivity index is 0.00000529. The number of hydrogen-bond donors (Lipinski definition) is 1. The van der Waals surface area contributed by atoms with Crippen molar-refractivity contribution in [2.75, 3.05) is 59.0 Å². The third kappa shape index (κ3) is 10.0. The van der Waals surface area contributed by atoms with Gasteiger partial charge in [0, 0.05) is 32.7 Å². The molecule has 1 aliphatic carbocycles. The van der Waals surface area contributed by atoms with Gasteiger partial charge < -0.3 is 14.7 Å². The molecule has 2 aromatic rings. The molecule has 12 heteroatoms. The van der Waals surface area contributed by atoms with E-state index in [0.717, 1.165) is 25.2 Å². The fraction of sp³-hybridized carbons (Fsp3) is 0.562. The molecule has 0 bridgehead atoms. The molecule has 2 aliphatic rings. The number of hydrogen-bond acceptors (Lipinski definition) is 7. The molecule has 2 aromatic carbocycles. The van der Waals surface area contributed by atoms with E-state index in [-0.39, 0.29) is 48.5 Å². The van der Waals surface area contributed by atoms with Crippen LogP contribution in [0, 0.1) is 12.8 Å². The number of sulfonamides is 2. The van der Waals surface area contributed by atoms with E-state index in [2.05, 4.69) is 11.5 Å². The Kier molecular flexibility index (Phi) is 14.2. The molecular weight excluding hydrogens is 622 g/mol. The van der Waals surface area contributed by atoms with Crippen LogP contribution < -0.4 is 4.74 Å². The second-order valence-electron chi connectivity index (χ2n) is 11.8. The predicted octanol–water partition coefficient (Wildman–Crippen LogP) is 4.70. The Hall–Kier alpha value is -1.99. The highest BCUT2D eigenvalue weighted by Crippen LogP contribution is 2.26. The van der Waals surface area contributed by atoms with E-state index in [4.69, 9.17) is 9.84 Å². The molecule has 1 aliphatic heterocycles. The van der Waals surface area contributed by atoms with E-state index >= 15 is 0 Å². The van der Waals surface area contributed by atoms with Gasteiger partial charge in [0.25, 0.3) is 0 Å². The lowest BCUT2D eigenvalue weighted by molar-refractivity contribution is 0.188. The van der Waals surface area contributed by atoms with Gasteiger partial charge in [0.05, 0.1) is 16.4 Å². The number of halogens is 1. The maximum absolute atomic E-state index is 13.9. The van der Waals surface area contributed by atoms with Gasteiger partial charge in [-0.3, -0.25) is 0 Å². The van der Waals surface area contributed by atoms with Crippen LogP contribution in [-0.2, 0) is 20.0 Å². The molecular formula is C32H48ClN3O6S2. The fourth-order valence-corrected chi connectivity index (χ4v) is 8.97. The van der Waals surface area contributed by atoms with Crippen LogP contribution in [0.1, 0.15) is 50.5 Å². The van der Waals surface area contributed by atoms with Crippen molar-refractivity contribution in [3.63, 3.8) is 0 Å². The van der Waals surface area contributed by atoms with Gasteiger partial charge in [-0.25, -0.2) is 16.8 Å². The van der Waals surface area contributed by atoms with Gasteiger partial charge in [-0.05, 0) is 93.6 Å². The number of ether oxygens (including phenoxy) is 1. The van der Waals surface area contributed by atoms with Crippen LogP contribution in [-0.4, -0.2) is 94.5 Å². The third-order valence-electron chi connectivity index (χ3n) is 8.29. The van der Waals surface area contributed by atoms with E-state index in [1.807, 2.05) is 6.92 Å².